The predicted molar refractivity (Wildman–Crippen MR) is 85.7 cm³/mol. The van der Waals surface area contributed by atoms with Gasteiger partial charge in [0.15, 0.2) is 0 Å². The van der Waals surface area contributed by atoms with E-state index in [4.69, 9.17) is 4.74 Å². The van der Waals surface area contributed by atoms with Crippen molar-refractivity contribution in [3.63, 3.8) is 0 Å². The normalized spacial score (nSPS) is 10.8. The lowest BCUT2D eigenvalue weighted by atomic mass is 10.1. The number of ether oxygens (including phenoxy) is 1. The van der Waals surface area contributed by atoms with Gasteiger partial charge in [0, 0.05) is 18.0 Å². The van der Waals surface area contributed by atoms with E-state index in [1.165, 1.54) is 5.56 Å². The highest BCUT2D eigenvalue weighted by molar-refractivity contribution is 5.73. The molecule has 112 valence electrons. The summed E-state index contributed by atoms with van der Waals surface area (Å²) in [6.45, 7) is 4.28. The van der Waals surface area contributed by atoms with Gasteiger partial charge in [-0.2, -0.15) is 0 Å². The zero-order valence-electron chi connectivity index (χ0n) is 12.7. The SMILES string of the molecule is CCOC(=O)Cc1ccc(-c2cn3ccc(C)cc3n2)cc1. The first-order valence-electron chi connectivity index (χ1n) is 7.36. The summed E-state index contributed by atoms with van der Waals surface area (Å²) in [7, 11) is 0. The molecule has 4 nitrogen and oxygen atoms in total. The molecule has 22 heavy (non-hydrogen) atoms. The molecule has 2 aromatic heterocycles. The van der Waals surface area contributed by atoms with Crippen molar-refractivity contribution in [1.82, 2.24) is 9.38 Å². The van der Waals surface area contributed by atoms with Gasteiger partial charge in [-0.3, -0.25) is 4.79 Å². The van der Waals surface area contributed by atoms with Crippen molar-refractivity contribution in [2.24, 2.45) is 0 Å². The largest absolute Gasteiger partial charge is 0.466 e. The summed E-state index contributed by atoms with van der Waals surface area (Å²) in [6, 6.07) is 12.0. The molecule has 0 saturated carbocycles. The van der Waals surface area contributed by atoms with Crippen LogP contribution in [0.15, 0.2) is 48.8 Å². The molecule has 3 rings (SSSR count). The van der Waals surface area contributed by atoms with Gasteiger partial charge in [-0.05, 0) is 37.1 Å². The molecule has 0 bridgehead atoms. The summed E-state index contributed by atoms with van der Waals surface area (Å²) in [6.07, 6.45) is 4.32. The van der Waals surface area contributed by atoms with E-state index in [-0.39, 0.29) is 5.97 Å². The van der Waals surface area contributed by atoms with Crippen LogP contribution in [-0.2, 0) is 16.0 Å². The Morgan fingerprint density at radius 3 is 2.73 bits per heavy atom. The van der Waals surface area contributed by atoms with E-state index < -0.39 is 0 Å². The summed E-state index contributed by atoms with van der Waals surface area (Å²) in [5, 5.41) is 0. The highest BCUT2D eigenvalue weighted by atomic mass is 16.5. The first kappa shape index (κ1) is 14.3. The number of aryl methyl sites for hydroxylation is 1. The van der Waals surface area contributed by atoms with Crippen molar-refractivity contribution in [2.45, 2.75) is 20.3 Å². The van der Waals surface area contributed by atoms with Gasteiger partial charge in [0.1, 0.15) is 5.65 Å². The number of esters is 1. The maximum Gasteiger partial charge on any atom is 0.310 e. The minimum Gasteiger partial charge on any atom is -0.466 e. The lowest BCUT2D eigenvalue weighted by Crippen LogP contribution is -2.07. The summed E-state index contributed by atoms with van der Waals surface area (Å²) in [5.74, 6) is -0.196. The lowest BCUT2D eigenvalue weighted by Gasteiger charge is -2.03. The van der Waals surface area contributed by atoms with E-state index >= 15 is 0 Å². The molecule has 1 aromatic carbocycles. The number of hydrogen-bond donors (Lipinski definition) is 0. The summed E-state index contributed by atoms with van der Waals surface area (Å²) in [5.41, 5.74) is 5.03. The summed E-state index contributed by atoms with van der Waals surface area (Å²) < 4.78 is 6.97. The van der Waals surface area contributed by atoms with Crippen LogP contribution in [0.1, 0.15) is 18.1 Å². The fourth-order valence-electron chi connectivity index (χ4n) is 2.39. The van der Waals surface area contributed by atoms with E-state index in [9.17, 15) is 4.79 Å². The van der Waals surface area contributed by atoms with Crippen LogP contribution in [0, 0.1) is 6.92 Å². The third-order valence-corrected chi connectivity index (χ3v) is 3.52. The number of rotatable bonds is 4. The lowest BCUT2D eigenvalue weighted by molar-refractivity contribution is -0.142. The second-order valence-corrected chi connectivity index (χ2v) is 5.27. The molecular weight excluding hydrogens is 276 g/mol. The van der Waals surface area contributed by atoms with E-state index in [1.54, 1.807) is 0 Å². The molecule has 0 N–H and O–H groups in total. The Morgan fingerprint density at radius 1 is 1.23 bits per heavy atom. The first-order chi connectivity index (χ1) is 10.7. The molecule has 0 aliphatic carbocycles. The summed E-state index contributed by atoms with van der Waals surface area (Å²) >= 11 is 0. The molecule has 0 saturated heterocycles. The van der Waals surface area contributed by atoms with Crippen LogP contribution in [-0.4, -0.2) is 22.0 Å². The molecule has 3 aromatic rings. The van der Waals surface area contributed by atoms with Crippen molar-refractivity contribution in [2.75, 3.05) is 6.61 Å². The minimum absolute atomic E-state index is 0.196. The van der Waals surface area contributed by atoms with E-state index in [0.717, 1.165) is 22.5 Å². The average molecular weight is 294 g/mol. The van der Waals surface area contributed by atoms with Gasteiger partial charge in [0.25, 0.3) is 0 Å². The third-order valence-electron chi connectivity index (χ3n) is 3.52. The molecule has 0 aliphatic rings. The van der Waals surface area contributed by atoms with Gasteiger partial charge in [0.2, 0.25) is 0 Å². The highest BCUT2D eigenvalue weighted by Crippen LogP contribution is 2.20. The number of hydrogen-bond acceptors (Lipinski definition) is 3. The van der Waals surface area contributed by atoms with Gasteiger partial charge in [-0.1, -0.05) is 24.3 Å². The Balaban J connectivity index is 1.83. The molecule has 0 radical (unpaired) electrons. The van der Waals surface area contributed by atoms with Crippen molar-refractivity contribution in [1.29, 1.82) is 0 Å². The number of carbonyl (C=O) groups excluding carboxylic acids is 1. The molecule has 0 spiro atoms. The molecule has 0 fully saturated rings. The molecular formula is C18H18N2O2. The fraction of sp³-hybridized carbons (Fsp3) is 0.222. The number of imidazole rings is 1. The summed E-state index contributed by atoms with van der Waals surface area (Å²) in [4.78, 5) is 16.1. The van der Waals surface area contributed by atoms with E-state index in [1.807, 2.05) is 48.0 Å². The Bertz CT molecular complexity index is 804. The monoisotopic (exact) mass is 294 g/mol. The predicted octanol–water partition coefficient (Wildman–Crippen LogP) is 3.42. The minimum atomic E-state index is -0.196. The van der Waals surface area contributed by atoms with Crippen molar-refractivity contribution in [3.8, 4) is 11.3 Å². The fourth-order valence-corrected chi connectivity index (χ4v) is 2.39. The van der Waals surface area contributed by atoms with E-state index in [0.29, 0.717) is 13.0 Å². The second kappa shape index (κ2) is 6.02. The van der Waals surface area contributed by atoms with Crippen LogP contribution < -0.4 is 0 Å². The Kier molecular flexibility index (Phi) is 3.92. The van der Waals surface area contributed by atoms with Gasteiger partial charge >= 0.3 is 5.97 Å². The van der Waals surface area contributed by atoms with Gasteiger partial charge in [-0.25, -0.2) is 4.98 Å². The van der Waals surface area contributed by atoms with Crippen molar-refractivity contribution >= 4 is 11.6 Å². The van der Waals surface area contributed by atoms with Crippen molar-refractivity contribution < 1.29 is 9.53 Å². The number of pyridine rings is 1. The van der Waals surface area contributed by atoms with Crippen LogP contribution >= 0.6 is 0 Å². The zero-order chi connectivity index (χ0) is 15.5. The van der Waals surface area contributed by atoms with Gasteiger partial charge in [-0.15, -0.1) is 0 Å². The number of aromatic nitrogens is 2. The van der Waals surface area contributed by atoms with Crippen LogP contribution in [0.2, 0.25) is 0 Å². The average Bonchev–Trinajstić information content (AvgIpc) is 2.91. The zero-order valence-corrected chi connectivity index (χ0v) is 12.7. The van der Waals surface area contributed by atoms with Crippen LogP contribution in [0.4, 0.5) is 0 Å². The Labute approximate surface area is 129 Å². The van der Waals surface area contributed by atoms with Crippen LogP contribution in [0.3, 0.4) is 0 Å². The van der Waals surface area contributed by atoms with Gasteiger partial charge in [0.05, 0.1) is 18.7 Å². The smallest absolute Gasteiger partial charge is 0.310 e. The molecule has 0 atom stereocenters. The molecule has 0 amide bonds. The molecule has 0 unspecified atom stereocenters. The quantitative estimate of drug-likeness (QED) is 0.693. The number of nitrogens with zero attached hydrogens (tertiary/aromatic N) is 2. The third kappa shape index (κ3) is 3.01. The maximum atomic E-state index is 11.5. The second-order valence-electron chi connectivity index (χ2n) is 5.27. The van der Waals surface area contributed by atoms with E-state index in [2.05, 4.69) is 24.0 Å². The molecule has 4 heteroatoms. The molecule has 2 heterocycles. The maximum absolute atomic E-state index is 11.5. The Hall–Kier alpha value is -2.62. The first-order valence-corrected chi connectivity index (χ1v) is 7.36. The Morgan fingerprint density at radius 2 is 2.00 bits per heavy atom. The topological polar surface area (TPSA) is 43.6 Å². The van der Waals surface area contributed by atoms with Crippen LogP contribution in [0.25, 0.3) is 16.9 Å². The molecule has 0 aliphatic heterocycles. The number of fused-ring (bicyclic) bond motifs is 1. The highest BCUT2D eigenvalue weighted by Gasteiger charge is 2.07. The van der Waals surface area contributed by atoms with Gasteiger partial charge < -0.3 is 9.14 Å². The number of carbonyl (C=O) groups is 1. The van der Waals surface area contributed by atoms with Crippen molar-refractivity contribution in [3.05, 3.63) is 59.9 Å². The standard InChI is InChI=1S/C18H18N2O2/c1-3-22-18(21)11-14-4-6-15(7-5-14)16-12-20-9-8-13(2)10-17(20)19-16/h4-10,12H,3,11H2,1-2H3. The number of benzene rings is 1. The van der Waals surface area contributed by atoms with Crippen LogP contribution in [0.5, 0.6) is 0 Å².